The maximum absolute atomic E-state index is 12.5. The lowest BCUT2D eigenvalue weighted by molar-refractivity contribution is -0.0322. The maximum Gasteiger partial charge on any atom is 0.296 e. The van der Waals surface area contributed by atoms with Gasteiger partial charge in [0.1, 0.15) is 0 Å². The molecule has 0 N–H and O–H groups in total. The van der Waals surface area contributed by atoms with Crippen LogP contribution in [0.5, 0.6) is 0 Å². The second-order valence-electron chi connectivity index (χ2n) is 4.11. The lowest BCUT2D eigenvalue weighted by Crippen LogP contribution is -2.27. The van der Waals surface area contributed by atoms with Crippen LogP contribution in [0.3, 0.4) is 0 Å². The van der Waals surface area contributed by atoms with Gasteiger partial charge in [-0.2, -0.15) is 13.7 Å². The monoisotopic (exact) mass is 302 g/mol. The lowest BCUT2D eigenvalue weighted by Gasteiger charge is -2.16. The Bertz CT molecular complexity index is 752. The van der Waals surface area contributed by atoms with Crippen LogP contribution in [-0.4, -0.2) is 19.5 Å². The molecule has 0 spiro atoms. The molecule has 0 aromatic heterocycles. The van der Waals surface area contributed by atoms with Gasteiger partial charge in [0, 0.05) is 5.56 Å². The highest BCUT2D eigenvalue weighted by atomic mass is 32.2. The van der Waals surface area contributed by atoms with Gasteiger partial charge in [-0.05, 0) is 18.6 Å². The fourth-order valence-corrected chi connectivity index (χ4v) is 3.15. The van der Waals surface area contributed by atoms with Crippen molar-refractivity contribution in [3.8, 4) is 17.3 Å². The minimum absolute atomic E-state index is 0.0335. The van der Waals surface area contributed by atoms with Gasteiger partial charge in [-0.25, -0.2) is 4.84 Å². The number of nitriles is 1. The van der Waals surface area contributed by atoms with Gasteiger partial charge in [0.25, 0.3) is 10.0 Å². The molecule has 0 amide bonds. The summed E-state index contributed by atoms with van der Waals surface area (Å²) < 4.78 is 25.4. The Morgan fingerprint density at radius 2 is 1.71 bits per heavy atom. The quantitative estimate of drug-likeness (QED) is 0.484. The number of rotatable bonds is 5. The number of hydrogen-bond acceptors (Lipinski definition) is 4. The van der Waals surface area contributed by atoms with Crippen molar-refractivity contribution >= 4 is 10.0 Å². The Kier molecular flexibility index (Phi) is 4.58. The average Bonchev–Trinajstić information content (AvgIpc) is 2.53. The van der Waals surface area contributed by atoms with Crippen molar-refractivity contribution < 1.29 is 13.3 Å². The van der Waals surface area contributed by atoms with Crippen LogP contribution in [0.15, 0.2) is 59.5 Å². The van der Waals surface area contributed by atoms with Crippen molar-refractivity contribution in [2.24, 2.45) is 0 Å². The third-order valence-electron chi connectivity index (χ3n) is 2.80. The normalized spacial score (nSPS) is 10.9. The molecule has 0 bridgehead atoms. The first-order chi connectivity index (χ1) is 10.1. The van der Waals surface area contributed by atoms with E-state index in [0.717, 1.165) is 5.56 Å². The van der Waals surface area contributed by atoms with E-state index >= 15 is 0 Å². The van der Waals surface area contributed by atoms with E-state index in [2.05, 4.69) is 0 Å². The van der Waals surface area contributed by atoms with E-state index in [1.807, 2.05) is 30.3 Å². The molecule has 21 heavy (non-hydrogen) atoms. The highest BCUT2D eigenvalue weighted by molar-refractivity contribution is 7.89. The summed E-state index contributed by atoms with van der Waals surface area (Å²) in [5.74, 6) is 0. The van der Waals surface area contributed by atoms with Gasteiger partial charge in [0.2, 0.25) is 6.19 Å². The van der Waals surface area contributed by atoms with Gasteiger partial charge in [-0.3, -0.25) is 0 Å². The van der Waals surface area contributed by atoms with Gasteiger partial charge in [-0.15, -0.1) is 0 Å². The molecule has 6 heteroatoms. The van der Waals surface area contributed by atoms with Crippen molar-refractivity contribution in [2.45, 2.75) is 11.8 Å². The van der Waals surface area contributed by atoms with E-state index in [1.165, 1.54) is 6.07 Å². The zero-order chi connectivity index (χ0) is 15.3. The largest absolute Gasteiger partial charge is 0.296 e. The molecule has 0 heterocycles. The van der Waals surface area contributed by atoms with E-state index in [9.17, 15) is 8.42 Å². The summed E-state index contributed by atoms with van der Waals surface area (Å²) >= 11 is 0. The van der Waals surface area contributed by atoms with Crippen LogP contribution < -0.4 is 0 Å². The summed E-state index contributed by atoms with van der Waals surface area (Å²) in [5, 5.41) is 8.99. The van der Waals surface area contributed by atoms with Gasteiger partial charge in [0.15, 0.2) is 0 Å². The summed E-state index contributed by atoms with van der Waals surface area (Å²) in [5.41, 5.74) is 1.28. The van der Waals surface area contributed by atoms with Gasteiger partial charge in [0.05, 0.1) is 11.5 Å². The zero-order valence-electron chi connectivity index (χ0n) is 11.4. The molecule has 0 fully saturated rings. The fourth-order valence-electron chi connectivity index (χ4n) is 1.91. The average molecular weight is 302 g/mol. The smallest absolute Gasteiger partial charge is 0.250 e. The van der Waals surface area contributed by atoms with E-state index in [-0.39, 0.29) is 11.5 Å². The molecule has 0 aliphatic rings. The molecule has 0 atom stereocenters. The highest BCUT2D eigenvalue weighted by Crippen LogP contribution is 2.29. The van der Waals surface area contributed by atoms with Crippen LogP contribution in [0.25, 0.3) is 11.1 Å². The second kappa shape index (κ2) is 6.39. The molecule has 0 radical (unpaired) electrons. The third kappa shape index (κ3) is 3.05. The second-order valence-corrected chi connectivity index (χ2v) is 5.83. The first-order valence-corrected chi connectivity index (χ1v) is 7.77. The molecule has 2 aromatic rings. The number of sulfonamides is 1. The van der Waals surface area contributed by atoms with Crippen LogP contribution in [0.1, 0.15) is 6.92 Å². The number of benzene rings is 2. The van der Waals surface area contributed by atoms with Crippen LogP contribution in [0, 0.1) is 11.5 Å². The van der Waals surface area contributed by atoms with Crippen molar-refractivity contribution in [1.82, 2.24) is 4.47 Å². The van der Waals surface area contributed by atoms with Crippen molar-refractivity contribution in [3.05, 3.63) is 54.6 Å². The Labute approximate surface area is 124 Å². The van der Waals surface area contributed by atoms with Crippen molar-refractivity contribution in [3.63, 3.8) is 0 Å². The first kappa shape index (κ1) is 15.0. The Balaban J connectivity index is 2.58. The van der Waals surface area contributed by atoms with Crippen LogP contribution >= 0.6 is 0 Å². The van der Waals surface area contributed by atoms with Crippen molar-refractivity contribution in [1.29, 1.82) is 5.26 Å². The van der Waals surface area contributed by atoms with Crippen LogP contribution in [0.2, 0.25) is 0 Å². The Morgan fingerprint density at radius 3 is 2.33 bits per heavy atom. The van der Waals surface area contributed by atoms with Gasteiger partial charge >= 0.3 is 0 Å². The summed E-state index contributed by atoms with van der Waals surface area (Å²) in [7, 11) is -4.04. The third-order valence-corrected chi connectivity index (χ3v) is 4.33. The predicted octanol–water partition coefficient (Wildman–Crippen LogP) is 2.78. The van der Waals surface area contributed by atoms with Crippen molar-refractivity contribution in [2.75, 3.05) is 6.61 Å². The minimum atomic E-state index is -4.04. The molecule has 0 saturated heterocycles. The summed E-state index contributed by atoms with van der Waals surface area (Å²) in [6, 6.07) is 15.6. The van der Waals surface area contributed by atoms with E-state index in [4.69, 9.17) is 10.1 Å². The van der Waals surface area contributed by atoms with Crippen LogP contribution in [0.4, 0.5) is 0 Å². The van der Waals surface area contributed by atoms with Gasteiger partial charge < -0.3 is 0 Å². The maximum atomic E-state index is 12.5. The molecule has 0 aliphatic carbocycles. The summed E-state index contributed by atoms with van der Waals surface area (Å²) in [4.78, 5) is 4.92. The van der Waals surface area contributed by atoms with Crippen LogP contribution in [-0.2, 0) is 14.9 Å². The Morgan fingerprint density at radius 1 is 1.10 bits per heavy atom. The molecule has 0 aliphatic heterocycles. The SMILES string of the molecule is CCON(C#N)S(=O)(=O)c1ccccc1-c1ccccc1. The fraction of sp³-hybridized carbons (Fsp3) is 0.133. The predicted molar refractivity (Wildman–Crippen MR) is 78.1 cm³/mol. The molecule has 5 nitrogen and oxygen atoms in total. The minimum Gasteiger partial charge on any atom is -0.250 e. The Hall–Kier alpha value is -2.36. The topological polar surface area (TPSA) is 70.4 Å². The summed E-state index contributed by atoms with van der Waals surface area (Å²) in [6.07, 6.45) is 1.54. The summed E-state index contributed by atoms with van der Waals surface area (Å²) in [6.45, 7) is 1.70. The number of hydrogen-bond donors (Lipinski definition) is 0. The number of hydroxylamine groups is 1. The zero-order valence-corrected chi connectivity index (χ0v) is 12.2. The molecule has 0 saturated carbocycles. The lowest BCUT2D eigenvalue weighted by atomic mass is 10.1. The number of nitrogens with zero attached hydrogens (tertiary/aromatic N) is 2. The molecule has 0 unspecified atom stereocenters. The van der Waals surface area contributed by atoms with E-state index in [1.54, 1.807) is 31.3 Å². The molecule has 2 rings (SSSR count). The standard InChI is InChI=1S/C15H14N2O3S/c1-2-20-17(12-16)21(18,19)15-11-7-6-10-14(15)13-8-4-3-5-9-13/h3-11H,2H2,1H3. The molecule has 108 valence electrons. The molecule has 2 aromatic carbocycles. The van der Waals surface area contributed by atoms with E-state index in [0.29, 0.717) is 10.0 Å². The van der Waals surface area contributed by atoms with E-state index < -0.39 is 10.0 Å². The highest BCUT2D eigenvalue weighted by Gasteiger charge is 2.27. The van der Waals surface area contributed by atoms with Gasteiger partial charge in [-0.1, -0.05) is 53.0 Å². The molecular weight excluding hydrogens is 288 g/mol. The molecular formula is C15H14N2O3S. The first-order valence-electron chi connectivity index (χ1n) is 6.33.